The molecule has 1 unspecified atom stereocenters. The van der Waals surface area contributed by atoms with E-state index in [0.717, 1.165) is 24.0 Å². The second-order valence-electron chi connectivity index (χ2n) is 10.3. The lowest BCUT2D eigenvalue weighted by Crippen LogP contribution is -2.33. The number of aromatic nitrogens is 1. The van der Waals surface area contributed by atoms with Gasteiger partial charge in [0.2, 0.25) is 0 Å². The van der Waals surface area contributed by atoms with E-state index in [2.05, 4.69) is 0 Å². The Morgan fingerprint density at radius 2 is 1.77 bits per heavy atom. The number of pyridine rings is 1. The summed E-state index contributed by atoms with van der Waals surface area (Å²) >= 11 is 0. The fourth-order valence-corrected chi connectivity index (χ4v) is 6.67. The Kier molecular flexibility index (Phi) is 7.39. The first-order chi connectivity index (χ1) is 18.6. The number of rotatable bonds is 9. The maximum absolute atomic E-state index is 13.9. The third-order valence-corrected chi connectivity index (χ3v) is 9.26. The summed E-state index contributed by atoms with van der Waals surface area (Å²) in [5, 5.41) is -0.972. The van der Waals surface area contributed by atoms with E-state index in [1.54, 1.807) is 38.5 Å². The summed E-state index contributed by atoms with van der Waals surface area (Å²) in [5.41, 5.74) is 2.40. The van der Waals surface area contributed by atoms with Crippen molar-refractivity contribution in [1.29, 1.82) is 0 Å². The number of carbonyl (C=O) groups excluding carboxylic acids is 1. The zero-order valence-electron chi connectivity index (χ0n) is 22.6. The Morgan fingerprint density at radius 3 is 2.41 bits per heavy atom. The van der Waals surface area contributed by atoms with Crippen molar-refractivity contribution in [2.75, 3.05) is 20.3 Å². The number of nitrogens with zero attached hydrogens (tertiary/aromatic N) is 1. The Bertz CT molecular complexity index is 1570. The van der Waals surface area contributed by atoms with Gasteiger partial charge in [0.05, 0.1) is 28.6 Å². The number of benzene rings is 2. The Labute approximate surface area is 228 Å². The summed E-state index contributed by atoms with van der Waals surface area (Å²) < 4.78 is 46.0. The molecule has 0 saturated heterocycles. The molecule has 1 aliphatic heterocycles. The molecule has 0 N–H and O–H groups in total. The van der Waals surface area contributed by atoms with Crippen molar-refractivity contribution in [2.24, 2.45) is 0 Å². The topological polar surface area (TPSA) is 101 Å². The van der Waals surface area contributed by atoms with Crippen LogP contribution >= 0.6 is 0 Å². The molecule has 0 amide bonds. The van der Waals surface area contributed by atoms with E-state index >= 15 is 0 Å². The summed E-state index contributed by atoms with van der Waals surface area (Å²) in [6.07, 6.45) is 1.78. The number of sulfone groups is 1. The van der Waals surface area contributed by atoms with Crippen molar-refractivity contribution < 1.29 is 27.4 Å². The van der Waals surface area contributed by atoms with E-state index in [0.29, 0.717) is 42.2 Å². The summed E-state index contributed by atoms with van der Waals surface area (Å²) in [4.78, 5) is 26.7. The first-order valence-corrected chi connectivity index (χ1v) is 14.8. The van der Waals surface area contributed by atoms with Crippen LogP contribution in [0.1, 0.15) is 67.2 Å². The molecule has 3 aromatic rings. The fourth-order valence-electron chi connectivity index (χ4n) is 5.04. The second-order valence-corrected chi connectivity index (χ2v) is 12.6. The zero-order chi connectivity index (χ0) is 27.9. The number of ether oxygens (including phenoxy) is 3. The predicted molar refractivity (Wildman–Crippen MR) is 148 cm³/mol. The summed E-state index contributed by atoms with van der Waals surface area (Å²) in [6.45, 7) is 5.88. The van der Waals surface area contributed by atoms with Crippen LogP contribution in [-0.2, 0) is 19.3 Å². The molecular weight excluding hydrogens is 518 g/mol. The van der Waals surface area contributed by atoms with Crippen molar-refractivity contribution in [3.05, 3.63) is 70.0 Å². The van der Waals surface area contributed by atoms with Crippen LogP contribution in [0.25, 0.3) is 22.4 Å². The molecule has 0 spiro atoms. The van der Waals surface area contributed by atoms with E-state index in [1.165, 1.54) is 6.07 Å². The molecule has 39 heavy (non-hydrogen) atoms. The molecular formula is C30H33NO7S. The monoisotopic (exact) mass is 551 g/mol. The number of fused-ring (bicyclic) bond motifs is 3. The van der Waals surface area contributed by atoms with Crippen LogP contribution in [-0.4, -0.2) is 45.4 Å². The zero-order valence-corrected chi connectivity index (χ0v) is 23.4. The van der Waals surface area contributed by atoms with Crippen molar-refractivity contribution in [1.82, 2.24) is 4.57 Å². The molecule has 9 heteroatoms. The van der Waals surface area contributed by atoms with Gasteiger partial charge in [0.25, 0.3) is 5.56 Å². The molecule has 206 valence electrons. The number of hydrogen-bond acceptors (Lipinski definition) is 7. The van der Waals surface area contributed by atoms with E-state index in [1.807, 2.05) is 36.4 Å². The normalized spacial score (nSPS) is 17.4. The smallest absolute Gasteiger partial charge is 0.344 e. The van der Waals surface area contributed by atoms with Gasteiger partial charge in [-0.25, -0.2) is 13.2 Å². The van der Waals surface area contributed by atoms with Gasteiger partial charge in [0.15, 0.2) is 9.84 Å². The summed E-state index contributed by atoms with van der Waals surface area (Å²) in [5.74, 6) is -0.292. The third kappa shape index (κ3) is 5.01. The van der Waals surface area contributed by atoms with Gasteiger partial charge in [-0.2, -0.15) is 0 Å². The number of methoxy groups -OCH3 is 1. The molecule has 8 nitrogen and oxygen atoms in total. The quantitative estimate of drug-likeness (QED) is 0.261. The molecule has 0 radical (unpaired) electrons. The van der Waals surface area contributed by atoms with Gasteiger partial charge in [-0.15, -0.1) is 0 Å². The molecule has 5 rings (SSSR count). The maximum Gasteiger partial charge on any atom is 0.344 e. The Morgan fingerprint density at radius 1 is 1.05 bits per heavy atom. The average Bonchev–Trinajstić information content (AvgIpc) is 3.74. The minimum absolute atomic E-state index is 0.107. The highest BCUT2D eigenvalue weighted by Gasteiger charge is 2.41. The highest BCUT2D eigenvalue weighted by atomic mass is 32.2. The highest BCUT2D eigenvalue weighted by molar-refractivity contribution is 7.92. The number of esters is 1. The van der Waals surface area contributed by atoms with E-state index < -0.39 is 32.7 Å². The highest BCUT2D eigenvalue weighted by Crippen LogP contribution is 2.50. The van der Waals surface area contributed by atoms with Crippen molar-refractivity contribution in [3.8, 4) is 28.1 Å². The largest absolute Gasteiger partial charge is 0.493 e. The van der Waals surface area contributed by atoms with Crippen molar-refractivity contribution in [2.45, 2.75) is 62.3 Å². The minimum atomic E-state index is -3.86. The molecule has 0 bridgehead atoms. The molecule has 1 aromatic heterocycles. The SMILES string of the molecule is COCCCOc1cc2c(cc1-c1ccccc1)-c1c(cc(C(=O)OC(C)C)c(=O)n1C1CC1)C(C)S2(=O)=O. The maximum atomic E-state index is 13.9. The minimum Gasteiger partial charge on any atom is -0.493 e. The van der Waals surface area contributed by atoms with Gasteiger partial charge in [-0.3, -0.25) is 4.79 Å². The van der Waals surface area contributed by atoms with Gasteiger partial charge >= 0.3 is 5.97 Å². The van der Waals surface area contributed by atoms with E-state index in [4.69, 9.17) is 14.2 Å². The Hall–Kier alpha value is -3.43. The number of carbonyl (C=O) groups is 1. The van der Waals surface area contributed by atoms with Gasteiger partial charge in [-0.05, 0) is 56.9 Å². The van der Waals surface area contributed by atoms with Crippen LogP contribution in [0, 0.1) is 0 Å². The Balaban J connectivity index is 1.78. The third-order valence-electron chi connectivity index (χ3n) is 7.12. The lowest BCUT2D eigenvalue weighted by molar-refractivity contribution is 0.0375. The first kappa shape index (κ1) is 27.1. The molecule has 2 heterocycles. The van der Waals surface area contributed by atoms with Crippen LogP contribution in [0.4, 0.5) is 0 Å². The van der Waals surface area contributed by atoms with Crippen LogP contribution in [0.5, 0.6) is 5.75 Å². The standard InChI is InChI=1S/C30H33NO7S/c1-18(2)38-30(33)25-15-22-19(3)39(34,35)27-17-26(37-14-8-13-36-4)23(20-9-6-5-7-10-20)16-24(27)28(22)31(29(25)32)21-11-12-21/h5-7,9-10,15-19,21H,8,11-14H2,1-4H3. The van der Waals surface area contributed by atoms with Crippen LogP contribution < -0.4 is 10.3 Å². The van der Waals surface area contributed by atoms with Crippen LogP contribution in [0.15, 0.2) is 58.2 Å². The molecule has 1 fully saturated rings. The molecule has 1 atom stereocenters. The van der Waals surface area contributed by atoms with Crippen LogP contribution in [0.2, 0.25) is 0 Å². The lowest BCUT2D eigenvalue weighted by atomic mass is 9.95. The van der Waals surface area contributed by atoms with Crippen molar-refractivity contribution in [3.63, 3.8) is 0 Å². The lowest BCUT2D eigenvalue weighted by Gasteiger charge is -2.30. The van der Waals surface area contributed by atoms with Gasteiger partial charge < -0.3 is 18.8 Å². The van der Waals surface area contributed by atoms with Crippen LogP contribution in [0.3, 0.4) is 0 Å². The predicted octanol–water partition coefficient (Wildman–Crippen LogP) is 5.35. The van der Waals surface area contributed by atoms with Gasteiger partial charge in [0, 0.05) is 43.4 Å². The van der Waals surface area contributed by atoms with Gasteiger partial charge in [0.1, 0.15) is 11.3 Å². The van der Waals surface area contributed by atoms with E-state index in [-0.39, 0.29) is 16.5 Å². The second kappa shape index (κ2) is 10.6. The van der Waals surface area contributed by atoms with Gasteiger partial charge in [-0.1, -0.05) is 30.3 Å². The molecule has 1 saturated carbocycles. The fraction of sp³-hybridized carbons (Fsp3) is 0.400. The molecule has 2 aromatic carbocycles. The summed E-state index contributed by atoms with van der Waals surface area (Å²) in [6, 6.07) is 14.3. The van der Waals surface area contributed by atoms with E-state index in [9.17, 15) is 18.0 Å². The average molecular weight is 552 g/mol. The first-order valence-electron chi connectivity index (χ1n) is 13.2. The molecule has 1 aliphatic carbocycles. The van der Waals surface area contributed by atoms with Crippen molar-refractivity contribution >= 4 is 15.8 Å². The number of hydrogen-bond donors (Lipinski definition) is 0. The molecule has 2 aliphatic rings. The summed E-state index contributed by atoms with van der Waals surface area (Å²) in [7, 11) is -2.25.